The molecule has 0 radical (unpaired) electrons. The summed E-state index contributed by atoms with van der Waals surface area (Å²) >= 11 is 0. The molecular formula is C14H22N4O2. The van der Waals surface area contributed by atoms with Gasteiger partial charge in [0.25, 0.3) is 0 Å². The number of aromatic nitrogens is 1. The minimum Gasteiger partial charge on any atom is -0.348 e. The van der Waals surface area contributed by atoms with Gasteiger partial charge in [0.05, 0.1) is 4.92 Å². The van der Waals surface area contributed by atoms with Crippen LogP contribution < -0.4 is 10.6 Å². The van der Waals surface area contributed by atoms with Crippen LogP contribution in [0.1, 0.15) is 31.7 Å². The number of nitrogens with two attached hydrogens (primary N) is 1. The summed E-state index contributed by atoms with van der Waals surface area (Å²) in [5.41, 5.74) is 6.62. The molecule has 6 heteroatoms. The molecule has 0 spiro atoms. The van der Waals surface area contributed by atoms with Gasteiger partial charge in [-0.25, -0.2) is 4.98 Å². The zero-order valence-corrected chi connectivity index (χ0v) is 12.1. The normalized spacial score (nSPS) is 21.9. The Morgan fingerprint density at radius 1 is 1.55 bits per heavy atom. The summed E-state index contributed by atoms with van der Waals surface area (Å²) in [6.45, 7) is 5.10. The molecule has 110 valence electrons. The highest BCUT2D eigenvalue weighted by Gasteiger charge is 2.34. The van der Waals surface area contributed by atoms with Gasteiger partial charge in [-0.1, -0.05) is 6.42 Å². The molecule has 1 aromatic rings. The van der Waals surface area contributed by atoms with E-state index in [1.54, 1.807) is 19.2 Å². The number of rotatable bonds is 5. The monoisotopic (exact) mass is 278 g/mol. The van der Waals surface area contributed by atoms with E-state index in [0.717, 1.165) is 19.3 Å². The molecule has 0 amide bonds. The highest BCUT2D eigenvalue weighted by atomic mass is 16.6. The van der Waals surface area contributed by atoms with E-state index in [1.807, 2.05) is 6.92 Å². The third kappa shape index (κ3) is 2.60. The smallest absolute Gasteiger partial charge is 0.314 e. The van der Waals surface area contributed by atoms with Gasteiger partial charge in [-0.3, -0.25) is 10.1 Å². The SMILES string of the molecule is CCN(c1nccc(C)c1[N+](=O)[O-])C1CCCC1CN. The van der Waals surface area contributed by atoms with Crippen LogP contribution in [0.4, 0.5) is 11.5 Å². The number of pyridine rings is 1. The fourth-order valence-corrected chi connectivity index (χ4v) is 3.22. The standard InChI is InChI=1S/C14H22N4O2/c1-3-17(12-6-4-5-11(12)9-15)14-13(18(19)20)10(2)7-8-16-14/h7-8,11-12H,3-6,9,15H2,1-2H3. The van der Waals surface area contributed by atoms with Crippen molar-refractivity contribution in [3.63, 3.8) is 0 Å². The number of anilines is 1. The molecule has 20 heavy (non-hydrogen) atoms. The van der Waals surface area contributed by atoms with Crippen molar-refractivity contribution < 1.29 is 4.92 Å². The molecular weight excluding hydrogens is 256 g/mol. The Balaban J connectivity index is 2.42. The molecule has 1 aliphatic rings. The molecule has 1 fully saturated rings. The summed E-state index contributed by atoms with van der Waals surface area (Å²) < 4.78 is 0. The molecule has 0 bridgehead atoms. The molecule has 2 rings (SSSR count). The zero-order valence-electron chi connectivity index (χ0n) is 12.1. The number of hydrogen-bond acceptors (Lipinski definition) is 5. The second kappa shape index (κ2) is 6.17. The van der Waals surface area contributed by atoms with E-state index in [-0.39, 0.29) is 16.7 Å². The number of nitrogens with zero attached hydrogens (tertiary/aromatic N) is 3. The van der Waals surface area contributed by atoms with Crippen molar-refractivity contribution in [3.8, 4) is 0 Å². The Hall–Kier alpha value is -1.69. The zero-order chi connectivity index (χ0) is 14.7. The summed E-state index contributed by atoms with van der Waals surface area (Å²) in [5, 5.41) is 11.3. The number of hydrogen-bond donors (Lipinski definition) is 1. The maximum absolute atomic E-state index is 11.3. The van der Waals surface area contributed by atoms with Crippen LogP contribution in [0.2, 0.25) is 0 Å². The van der Waals surface area contributed by atoms with E-state index in [2.05, 4.69) is 9.88 Å². The van der Waals surface area contributed by atoms with Gasteiger partial charge in [0, 0.05) is 24.3 Å². The topological polar surface area (TPSA) is 85.3 Å². The van der Waals surface area contributed by atoms with Crippen LogP contribution in [0.3, 0.4) is 0 Å². The fraction of sp³-hybridized carbons (Fsp3) is 0.643. The van der Waals surface area contributed by atoms with Crippen LogP contribution in [-0.4, -0.2) is 29.0 Å². The first-order valence-corrected chi connectivity index (χ1v) is 7.16. The van der Waals surface area contributed by atoms with Gasteiger partial charge in [0.2, 0.25) is 5.82 Å². The van der Waals surface area contributed by atoms with Crippen molar-refractivity contribution in [2.75, 3.05) is 18.0 Å². The van der Waals surface area contributed by atoms with Gasteiger partial charge in [0.15, 0.2) is 0 Å². The van der Waals surface area contributed by atoms with Gasteiger partial charge in [0.1, 0.15) is 0 Å². The molecule has 2 N–H and O–H groups in total. The Kier molecular flexibility index (Phi) is 4.54. The Labute approximate surface area is 119 Å². The van der Waals surface area contributed by atoms with Gasteiger partial charge >= 0.3 is 5.69 Å². The Bertz CT molecular complexity index is 492. The second-order valence-electron chi connectivity index (χ2n) is 5.34. The van der Waals surface area contributed by atoms with Gasteiger partial charge in [-0.05, 0) is 45.2 Å². The second-order valence-corrected chi connectivity index (χ2v) is 5.34. The molecule has 2 atom stereocenters. The van der Waals surface area contributed by atoms with Crippen molar-refractivity contribution in [2.45, 2.75) is 39.2 Å². The van der Waals surface area contributed by atoms with Crippen LogP contribution >= 0.6 is 0 Å². The van der Waals surface area contributed by atoms with E-state index in [4.69, 9.17) is 5.73 Å². The van der Waals surface area contributed by atoms with Crippen molar-refractivity contribution in [1.82, 2.24) is 4.98 Å². The number of nitro groups is 1. The van der Waals surface area contributed by atoms with Crippen LogP contribution in [0, 0.1) is 23.0 Å². The van der Waals surface area contributed by atoms with E-state index in [1.165, 1.54) is 0 Å². The molecule has 2 unspecified atom stereocenters. The first kappa shape index (κ1) is 14.7. The molecule has 1 heterocycles. The summed E-state index contributed by atoms with van der Waals surface area (Å²) in [5.74, 6) is 0.889. The summed E-state index contributed by atoms with van der Waals surface area (Å²) in [6, 6.07) is 1.95. The highest BCUT2D eigenvalue weighted by Crippen LogP contribution is 2.36. The molecule has 1 aliphatic carbocycles. The van der Waals surface area contributed by atoms with Crippen molar-refractivity contribution in [1.29, 1.82) is 0 Å². The number of aryl methyl sites for hydroxylation is 1. The molecule has 0 saturated heterocycles. The summed E-state index contributed by atoms with van der Waals surface area (Å²) in [7, 11) is 0. The lowest BCUT2D eigenvalue weighted by atomic mass is 10.0. The lowest BCUT2D eigenvalue weighted by molar-refractivity contribution is -0.384. The van der Waals surface area contributed by atoms with Crippen LogP contribution in [0.25, 0.3) is 0 Å². The molecule has 0 aliphatic heterocycles. The first-order chi connectivity index (χ1) is 9.60. The molecule has 1 aromatic heterocycles. The Morgan fingerprint density at radius 3 is 2.90 bits per heavy atom. The average Bonchev–Trinajstić information content (AvgIpc) is 2.87. The van der Waals surface area contributed by atoms with Gasteiger partial charge in [-0.2, -0.15) is 0 Å². The minimum absolute atomic E-state index is 0.122. The third-order valence-corrected chi connectivity index (χ3v) is 4.22. The minimum atomic E-state index is -0.327. The molecule has 1 saturated carbocycles. The maximum Gasteiger partial charge on any atom is 0.314 e. The van der Waals surface area contributed by atoms with Crippen molar-refractivity contribution in [2.24, 2.45) is 11.7 Å². The summed E-state index contributed by atoms with van der Waals surface area (Å²) in [6.07, 6.45) is 4.90. The summed E-state index contributed by atoms with van der Waals surface area (Å²) in [4.78, 5) is 17.4. The predicted octanol–water partition coefficient (Wildman–Crippen LogP) is 2.25. The molecule has 6 nitrogen and oxygen atoms in total. The Morgan fingerprint density at radius 2 is 2.30 bits per heavy atom. The van der Waals surface area contributed by atoms with E-state index in [9.17, 15) is 10.1 Å². The van der Waals surface area contributed by atoms with Gasteiger partial charge in [-0.15, -0.1) is 0 Å². The third-order valence-electron chi connectivity index (χ3n) is 4.22. The van der Waals surface area contributed by atoms with E-state index < -0.39 is 0 Å². The fourth-order valence-electron chi connectivity index (χ4n) is 3.22. The van der Waals surface area contributed by atoms with E-state index >= 15 is 0 Å². The van der Waals surface area contributed by atoms with Crippen molar-refractivity contribution in [3.05, 3.63) is 27.9 Å². The lowest BCUT2D eigenvalue weighted by Gasteiger charge is -2.32. The lowest BCUT2D eigenvalue weighted by Crippen LogP contribution is -2.41. The van der Waals surface area contributed by atoms with Gasteiger partial charge < -0.3 is 10.6 Å². The van der Waals surface area contributed by atoms with Crippen LogP contribution in [0.15, 0.2) is 12.3 Å². The van der Waals surface area contributed by atoms with Crippen LogP contribution in [0.5, 0.6) is 0 Å². The quantitative estimate of drug-likeness (QED) is 0.659. The van der Waals surface area contributed by atoms with Crippen LogP contribution in [-0.2, 0) is 0 Å². The predicted molar refractivity (Wildman–Crippen MR) is 78.8 cm³/mol. The van der Waals surface area contributed by atoms with E-state index in [0.29, 0.717) is 30.4 Å². The average molecular weight is 278 g/mol. The highest BCUT2D eigenvalue weighted by molar-refractivity contribution is 5.62. The maximum atomic E-state index is 11.3. The first-order valence-electron chi connectivity index (χ1n) is 7.16. The largest absolute Gasteiger partial charge is 0.348 e. The van der Waals surface area contributed by atoms with Crippen molar-refractivity contribution >= 4 is 11.5 Å². The molecule has 0 aromatic carbocycles.